The van der Waals surface area contributed by atoms with Gasteiger partial charge < -0.3 is 9.80 Å². The maximum absolute atomic E-state index is 2.71. The van der Waals surface area contributed by atoms with Gasteiger partial charge in [0.25, 0.3) is 6.71 Å². The average Bonchev–Trinajstić information content (AvgIpc) is 3.40. The quantitative estimate of drug-likeness (QED) is 0.147. The molecule has 4 aliphatic rings. The Morgan fingerprint density at radius 3 is 1.23 bits per heavy atom. The highest BCUT2D eigenvalue weighted by atomic mass is 15.2. The molecule has 12 rings (SSSR count). The molecule has 74 heavy (non-hydrogen) atoms. The summed E-state index contributed by atoms with van der Waals surface area (Å²) >= 11 is 0. The van der Waals surface area contributed by atoms with E-state index in [2.05, 4.69) is 230 Å². The Hall–Kier alpha value is -6.58. The van der Waals surface area contributed by atoms with Crippen LogP contribution in [0.25, 0.3) is 33.4 Å². The van der Waals surface area contributed by atoms with E-state index in [4.69, 9.17) is 0 Å². The zero-order valence-electron chi connectivity index (χ0n) is 45.7. The molecule has 372 valence electrons. The molecule has 0 bridgehead atoms. The van der Waals surface area contributed by atoms with Crippen molar-refractivity contribution < 1.29 is 0 Å². The van der Waals surface area contributed by atoms with Crippen molar-refractivity contribution in [1.82, 2.24) is 0 Å². The van der Waals surface area contributed by atoms with Crippen molar-refractivity contribution >= 4 is 57.2 Å². The molecular weight excluding hydrogens is 892 g/mol. The molecule has 8 aromatic carbocycles. The fourth-order valence-corrected chi connectivity index (χ4v) is 14.1. The molecular formula is C71H75BN2. The van der Waals surface area contributed by atoms with E-state index < -0.39 is 0 Å². The van der Waals surface area contributed by atoms with E-state index in [-0.39, 0.29) is 17.5 Å². The predicted molar refractivity (Wildman–Crippen MR) is 320 cm³/mol. The van der Waals surface area contributed by atoms with Gasteiger partial charge in [0.2, 0.25) is 0 Å². The summed E-state index contributed by atoms with van der Waals surface area (Å²) in [6.07, 6.45) is 13.0. The summed E-state index contributed by atoms with van der Waals surface area (Å²) in [7, 11) is 0. The van der Waals surface area contributed by atoms with E-state index in [0.717, 1.165) is 0 Å². The van der Waals surface area contributed by atoms with Crippen LogP contribution in [0.15, 0.2) is 158 Å². The van der Waals surface area contributed by atoms with Crippen LogP contribution < -0.4 is 26.2 Å². The Labute approximate surface area is 444 Å². The average molecular weight is 967 g/mol. The number of anilines is 6. The van der Waals surface area contributed by atoms with Gasteiger partial charge in [0.15, 0.2) is 0 Å². The molecule has 2 saturated carbocycles. The van der Waals surface area contributed by atoms with Crippen molar-refractivity contribution in [2.75, 3.05) is 9.80 Å². The van der Waals surface area contributed by atoms with Crippen molar-refractivity contribution in [1.29, 1.82) is 0 Å². The Kier molecular flexibility index (Phi) is 12.4. The summed E-state index contributed by atoms with van der Waals surface area (Å²) in [5.41, 5.74) is 28.9. The van der Waals surface area contributed by atoms with Crippen molar-refractivity contribution in [2.45, 2.75) is 149 Å². The Morgan fingerprint density at radius 1 is 0.405 bits per heavy atom. The van der Waals surface area contributed by atoms with Gasteiger partial charge in [-0.1, -0.05) is 195 Å². The van der Waals surface area contributed by atoms with E-state index in [1.165, 1.54) is 187 Å². The molecule has 0 unspecified atom stereocenters. The minimum atomic E-state index is -0.129. The number of nitrogens with zero attached hydrogens (tertiary/aromatic N) is 2. The van der Waals surface area contributed by atoms with Crippen LogP contribution in [0, 0.1) is 20.8 Å². The molecule has 2 nitrogen and oxygen atoms in total. The van der Waals surface area contributed by atoms with Gasteiger partial charge >= 0.3 is 0 Å². The van der Waals surface area contributed by atoms with Gasteiger partial charge in [-0.2, -0.15) is 0 Å². The summed E-state index contributed by atoms with van der Waals surface area (Å²) in [6.45, 7) is 21.3. The predicted octanol–water partition coefficient (Wildman–Crippen LogP) is 18.4. The second-order valence-electron chi connectivity index (χ2n) is 24.8. The summed E-state index contributed by atoms with van der Waals surface area (Å²) in [4.78, 5) is 5.42. The van der Waals surface area contributed by atoms with Gasteiger partial charge in [-0.25, -0.2) is 0 Å². The highest BCUT2D eigenvalue weighted by Crippen LogP contribution is 2.51. The van der Waals surface area contributed by atoms with Crippen molar-refractivity contribution in [3.8, 4) is 33.4 Å². The second kappa shape index (κ2) is 19.0. The molecule has 8 aromatic rings. The van der Waals surface area contributed by atoms with E-state index in [1.807, 2.05) is 0 Å². The first kappa shape index (κ1) is 48.4. The third-order valence-electron chi connectivity index (χ3n) is 17.5. The van der Waals surface area contributed by atoms with Gasteiger partial charge in [-0.15, -0.1) is 0 Å². The lowest BCUT2D eigenvalue weighted by molar-refractivity contribution is 0.443. The van der Waals surface area contributed by atoms with E-state index in [0.29, 0.717) is 11.8 Å². The monoisotopic (exact) mass is 967 g/mol. The number of hydrogen-bond acceptors (Lipinski definition) is 2. The Balaban J connectivity index is 1.24. The zero-order valence-corrected chi connectivity index (χ0v) is 45.7. The lowest BCUT2D eigenvalue weighted by Gasteiger charge is -2.46. The molecule has 2 fully saturated rings. The van der Waals surface area contributed by atoms with Crippen molar-refractivity contribution in [3.05, 3.63) is 197 Å². The minimum Gasteiger partial charge on any atom is -0.311 e. The molecule has 2 aliphatic heterocycles. The fourth-order valence-electron chi connectivity index (χ4n) is 14.1. The lowest BCUT2D eigenvalue weighted by Crippen LogP contribution is -2.61. The molecule has 3 heteroatoms. The third kappa shape index (κ3) is 8.63. The number of rotatable bonds is 7. The maximum atomic E-state index is 2.71. The highest BCUT2D eigenvalue weighted by Gasteiger charge is 2.46. The summed E-state index contributed by atoms with van der Waals surface area (Å²) in [6, 6.07) is 62.4. The smallest absolute Gasteiger partial charge is 0.252 e. The molecule has 2 heterocycles. The minimum absolute atomic E-state index is 0.0355. The van der Waals surface area contributed by atoms with Crippen LogP contribution in [0.4, 0.5) is 34.1 Å². The van der Waals surface area contributed by atoms with Gasteiger partial charge in [-0.3, -0.25) is 0 Å². The topological polar surface area (TPSA) is 6.48 Å². The second-order valence-corrected chi connectivity index (χ2v) is 24.8. The molecule has 0 aromatic heterocycles. The SMILES string of the molecule is Cc1cc(C)c(-c2cc3c4c(c2)N(c2cccc(C5CCCCC5)c2)c2cc(-c5ccccc5)c(C(C)(C)C)cc2B4c2cc(C(C)(C)C)c(-c4ccccc4)cc2N3c2cccc(C3CCCCC3)c2)c(C)c1. The zero-order chi connectivity index (χ0) is 51.0. The summed E-state index contributed by atoms with van der Waals surface area (Å²) in [5.74, 6) is 1.16. The van der Waals surface area contributed by atoms with Crippen molar-refractivity contribution in [2.24, 2.45) is 0 Å². The number of hydrogen-bond donors (Lipinski definition) is 0. The van der Waals surface area contributed by atoms with Gasteiger partial charge in [0, 0.05) is 34.1 Å². The lowest BCUT2D eigenvalue weighted by atomic mass is 9.33. The maximum Gasteiger partial charge on any atom is 0.252 e. The van der Waals surface area contributed by atoms with E-state index in [9.17, 15) is 0 Å². The van der Waals surface area contributed by atoms with Crippen LogP contribution in [0.1, 0.15) is 157 Å². The molecule has 0 atom stereocenters. The normalized spacial score (nSPS) is 16.0. The van der Waals surface area contributed by atoms with Crippen molar-refractivity contribution in [3.63, 3.8) is 0 Å². The fraction of sp³-hybridized carbons (Fsp3) is 0.324. The number of aryl methyl sites for hydroxylation is 3. The van der Waals surface area contributed by atoms with Gasteiger partial charge in [0.05, 0.1) is 0 Å². The summed E-state index contributed by atoms with van der Waals surface area (Å²) in [5, 5.41) is 0. The van der Waals surface area contributed by atoms with Crippen LogP contribution in [-0.4, -0.2) is 6.71 Å². The van der Waals surface area contributed by atoms with E-state index in [1.54, 1.807) is 0 Å². The molecule has 0 spiro atoms. The van der Waals surface area contributed by atoms with E-state index >= 15 is 0 Å². The van der Waals surface area contributed by atoms with Crippen LogP contribution >= 0.6 is 0 Å². The molecule has 0 saturated heterocycles. The Bertz CT molecular complexity index is 3190. The summed E-state index contributed by atoms with van der Waals surface area (Å²) < 4.78 is 0. The first-order valence-corrected chi connectivity index (χ1v) is 28.3. The van der Waals surface area contributed by atoms with Gasteiger partial charge in [-0.05, 0) is 201 Å². The van der Waals surface area contributed by atoms with Crippen LogP contribution in [0.5, 0.6) is 0 Å². The van der Waals surface area contributed by atoms with Crippen LogP contribution in [0.2, 0.25) is 0 Å². The first-order chi connectivity index (χ1) is 35.7. The van der Waals surface area contributed by atoms with Crippen LogP contribution in [-0.2, 0) is 10.8 Å². The molecule has 0 amide bonds. The highest BCUT2D eigenvalue weighted by molar-refractivity contribution is 7.00. The molecule has 2 aliphatic carbocycles. The third-order valence-corrected chi connectivity index (χ3v) is 17.5. The number of benzene rings is 8. The number of fused-ring (bicyclic) bond motifs is 4. The standard InChI is InChI=1S/C71H75BN2/c1-46-36-47(2)68(48(3)37-46)55-40-66-69-67(41-55)74(57-35-23-33-54(39-57)50-26-16-11-17-27-50)65-43-59(52-30-20-13-21-31-52)61(71(7,8)9)45-63(65)72(69)62-44-60(70(4,5)6)58(51-28-18-12-19-29-51)42-64(62)73(66)56-34-22-32-53(38-56)49-24-14-10-15-25-49/h12-13,18-23,28-45,49-50H,10-11,14-17,24-27H2,1-9H3. The Morgan fingerprint density at radius 2 is 0.824 bits per heavy atom. The molecule has 0 radical (unpaired) electrons. The van der Waals surface area contributed by atoms with Crippen LogP contribution in [0.3, 0.4) is 0 Å². The first-order valence-electron chi connectivity index (χ1n) is 28.3. The largest absolute Gasteiger partial charge is 0.311 e. The molecule has 0 N–H and O–H groups in total. The van der Waals surface area contributed by atoms with Gasteiger partial charge in [0.1, 0.15) is 0 Å².